The molecule has 0 fully saturated rings. The highest BCUT2D eigenvalue weighted by Gasteiger charge is 2.26. The fraction of sp³-hybridized carbons (Fsp3) is 0.160. The second-order valence-electron chi connectivity index (χ2n) is 7.49. The van der Waals surface area contributed by atoms with E-state index in [2.05, 4.69) is 5.16 Å². The van der Waals surface area contributed by atoms with E-state index in [4.69, 9.17) is 9.26 Å². The Balaban J connectivity index is 1.65. The lowest BCUT2D eigenvalue weighted by Crippen LogP contribution is -2.30. The maximum Gasteiger partial charge on any atom is 0.243 e. The van der Waals surface area contributed by atoms with Crippen molar-refractivity contribution >= 4 is 10.0 Å². The van der Waals surface area contributed by atoms with E-state index in [1.807, 2.05) is 61.5 Å². The van der Waals surface area contributed by atoms with Crippen molar-refractivity contribution in [1.29, 1.82) is 0 Å². The van der Waals surface area contributed by atoms with Crippen molar-refractivity contribution in [2.24, 2.45) is 0 Å². The predicted molar refractivity (Wildman–Crippen MR) is 123 cm³/mol. The number of nitrogens with zero attached hydrogens (tertiary/aromatic N) is 2. The van der Waals surface area contributed by atoms with Crippen molar-refractivity contribution in [3.63, 3.8) is 0 Å². The molecule has 0 radical (unpaired) electrons. The molecule has 4 aromatic rings. The van der Waals surface area contributed by atoms with Crippen molar-refractivity contribution < 1.29 is 17.7 Å². The largest absolute Gasteiger partial charge is 0.497 e. The molecule has 0 bridgehead atoms. The van der Waals surface area contributed by atoms with Crippen LogP contribution in [0.25, 0.3) is 11.3 Å². The van der Waals surface area contributed by atoms with Gasteiger partial charge in [-0.2, -0.15) is 4.31 Å². The Hall–Kier alpha value is -3.42. The number of aryl methyl sites for hydroxylation is 1. The zero-order chi connectivity index (χ0) is 22.6. The second kappa shape index (κ2) is 9.38. The molecule has 1 aromatic heterocycles. The molecule has 0 aliphatic heterocycles. The summed E-state index contributed by atoms with van der Waals surface area (Å²) in [6.07, 6.45) is 0. The summed E-state index contributed by atoms with van der Waals surface area (Å²) < 4.78 is 39.1. The van der Waals surface area contributed by atoms with Gasteiger partial charge in [-0.15, -0.1) is 0 Å². The lowest BCUT2D eigenvalue weighted by atomic mass is 10.1. The van der Waals surface area contributed by atoms with Crippen molar-refractivity contribution in [3.8, 4) is 17.1 Å². The van der Waals surface area contributed by atoms with E-state index < -0.39 is 10.0 Å². The molecule has 0 spiro atoms. The molecule has 0 atom stereocenters. The van der Waals surface area contributed by atoms with Crippen molar-refractivity contribution in [1.82, 2.24) is 9.46 Å². The summed E-state index contributed by atoms with van der Waals surface area (Å²) in [4.78, 5) is 0.246. The molecule has 1 heterocycles. The van der Waals surface area contributed by atoms with Crippen LogP contribution < -0.4 is 4.74 Å². The molecule has 0 saturated heterocycles. The van der Waals surface area contributed by atoms with Crippen molar-refractivity contribution in [2.45, 2.75) is 24.9 Å². The number of ether oxygens (including phenoxy) is 1. The van der Waals surface area contributed by atoms with Crippen LogP contribution >= 0.6 is 0 Å². The number of sulfonamides is 1. The molecule has 7 heteroatoms. The van der Waals surface area contributed by atoms with E-state index in [1.165, 1.54) is 4.31 Å². The average Bonchev–Trinajstić information content (AvgIpc) is 3.28. The fourth-order valence-electron chi connectivity index (χ4n) is 3.35. The van der Waals surface area contributed by atoms with Crippen molar-refractivity contribution in [2.75, 3.05) is 7.11 Å². The highest BCUT2D eigenvalue weighted by atomic mass is 32.2. The zero-order valence-corrected chi connectivity index (χ0v) is 18.7. The van der Waals surface area contributed by atoms with Crippen LogP contribution in [0.2, 0.25) is 0 Å². The molecule has 4 rings (SSSR count). The first-order valence-corrected chi connectivity index (χ1v) is 11.6. The number of rotatable bonds is 8. The molecule has 6 nitrogen and oxygen atoms in total. The molecule has 0 N–H and O–H groups in total. The van der Waals surface area contributed by atoms with Gasteiger partial charge in [-0.3, -0.25) is 0 Å². The molecule has 0 amide bonds. The van der Waals surface area contributed by atoms with Gasteiger partial charge in [0.2, 0.25) is 10.0 Å². The Bertz CT molecular complexity index is 1280. The minimum atomic E-state index is -3.75. The Morgan fingerprint density at radius 2 is 1.66 bits per heavy atom. The van der Waals surface area contributed by atoms with E-state index >= 15 is 0 Å². The number of aromatic nitrogens is 1. The van der Waals surface area contributed by atoms with Gasteiger partial charge in [0.05, 0.1) is 24.2 Å². The minimum absolute atomic E-state index is 0.0819. The summed E-state index contributed by atoms with van der Waals surface area (Å²) in [5.41, 5.74) is 3.21. The third kappa shape index (κ3) is 4.90. The first-order valence-electron chi connectivity index (χ1n) is 10.2. The summed E-state index contributed by atoms with van der Waals surface area (Å²) in [5.74, 6) is 1.25. The Kier molecular flexibility index (Phi) is 6.39. The van der Waals surface area contributed by atoms with Gasteiger partial charge in [-0.1, -0.05) is 65.3 Å². The van der Waals surface area contributed by atoms with Crippen LogP contribution in [0.15, 0.2) is 94.3 Å². The third-order valence-corrected chi connectivity index (χ3v) is 6.92. The molecule has 0 unspecified atom stereocenters. The molecular formula is C25H24N2O4S. The monoisotopic (exact) mass is 448 g/mol. The fourth-order valence-corrected chi connectivity index (χ4v) is 4.75. The van der Waals surface area contributed by atoms with Gasteiger partial charge in [0.25, 0.3) is 0 Å². The van der Waals surface area contributed by atoms with Crippen LogP contribution in [0.4, 0.5) is 0 Å². The van der Waals surface area contributed by atoms with E-state index in [1.54, 1.807) is 37.4 Å². The SMILES string of the molecule is COc1cccc(-c2cc(CN(Cc3ccccc3)S(=O)(=O)c3ccc(C)cc3)no2)c1. The van der Waals surface area contributed by atoms with Gasteiger partial charge in [0.1, 0.15) is 5.75 Å². The van der Waals surface area contributed by atoms with E-state index in [-0.39, 0.29) is 18.0 Å². The summed E-state index contributed by atoms with van der Waals surface area (Å²) in [6.45, 7) is 2.23. The Morgan fingerprint density at radius 1 is 0.906 bits per heavy atom. The van der Waals surface area contributed by atoms with Crippen LogP contribution in [0.1, 0.15) is 16.8 Å². The van der Waals surface area contributed by atoms with Crippen LogP contribution in [-0.2, 0) is 23.1 Å². The van der Waals surface area contributed by atoms with Crippen LogP contribution in [0, 0.1) is 6.92 Å². The topological polar surface area (TPSA) is 72.6 Å². The molecule has 0 aliphatic carbocycles. The van der Waals surface area contributed by atoms with Crippen molar-refractivity contribution in [3.05, 3.63) is 102 Å². The smallest absolute Gasteiger partial charge is 0.243 e. The first kappa shape index (κ1) is 21.8. The summed E-state index contributed by atoms with van der Waals surface area (Å²) in [7, 11) is -2.15. The van der Waals surface area contributed by atoms with Gasteiger partial charge < -0.3 is 9.26 Å². The number of hydrogen-bond donors (Lipinski definition) is 0. The third-order valence-electron chi connectivity index (χ3n) is 5.11. The van der Waals surface area contributed by atoms with Crippen LogP contribution in [-0.4, -0.2) is 25.0 Å². The molecular weight excluding hydrogens is 424 g/mol. The molecule has 0 aliphatic rings. The van der Waals surface area contributed by atoms with Gasteiger partial charge >= 0.3 is 0 Å². The Morgan fingerprint density at radius 3 is 2.38 bits per heavy atom. The average molecular weight is 449 g/mol. The van der Waals surface area contributed by atoms with E-state index in [0.717, 1.165) is 16.7 Å². The van der Waals surface area contributed by atoms with Crippen LogP contribution in [0.5, 0.6) is 5.75 Å². The number of benzene rings is 3. The van der Waals surface area contributed by atoms with Gasteiger partial charge in [-0.25, -0.2) is 8.42 Å². The highest BCUT2D eigenvalue weighted by Crippen LogP contribution is 2.26. The predicted octanol–water partition coefficient (Wildman–Crippen LogP) is 5.05. The van der Waals surface area contributed by atoms with E-state index in [9.17, 15) is 8.42 Å². The minimum Gasteiger partial charge on any atom is -0.497 e. The van der Waals surface area contributed by atoms with Gasteiger partial charge in [0, 0.05) is 18.2 Å². The summed E-state index contributed by atoms with van der Waals surface area (Å²) >= 11 is 0. The van der Waals surface area contributed by atoms with Gasteiger partial charge in [0.15, 0.2) is 5.76 Å². The Labute approximate surface area is 188 Å². The lowest BCUT2D eigenvalue weighted by Gasteiger charge is -2.21. The second-order valence-corrected chi connectivity index (χ2v) is 9.42. The maximum absolute atomic E-state index is 13.5. The standard InChI is InChI=1S/C25H24N2O4S/c1-19-11-13-24(14-12-19)32(28,29)27(17-20-7-4-3-5-8-20)18-22-16-25(31-26-22)21-9-6-10-23(15-21)30-2/h3-16H,17-18H2,1-2H3. The lowest BCUT2D eigenvalue weighted by molar-refractivity contribution is 0.371. The van der Waals surface area contributed by atoms with Gasteiger partial charge in [-0.05, 0) is 36.8 Å². The molecule has 32 heavy (non-hydrogen) atoms. The zero-order valence-electron chi connectivity index (χ0n) is 17.9. The molecule has 0 saturated carbocycles. The maximum atomic E-state index is 13.5. The quantitative estimate of drug-likeness (QED) is 0.377. The normalized spacial score (nSPS) is 11.6. The highest BCUT2D eigenvalue weighted by molar-refractivity contribution is 7.89. The number of hydrogen-bond acceptors (Lipinski definition) is 5. The number of methoxy groups -OCH3 is 1. The summed E-state index contributed by atoms with van der Waals surface area (Å²) in [6, 6.07) is 25.5. The summed E-state index contributed by atoms with van der Waals surface area (Å²) in [5, 5.41) is 4.13. The van der Waals surface area contributed by atoms with E-state index in [0.29, 0.717) is 17.2 Å². The van der Waals surface area contributed by atoms with Crippen LogP contribution in [0.3, 0.4) is 0 Å². The molecule has 164 valence electrons. The molecule has 3 aromatic carbocycles. The first-order chi connectivity index (χ1) is 15.5.